The molecule has 0 radical (unpaired) electrons. The maximum absolute atomic E-state index is 12.8. The minimum Gasteiger partial charge on any atom is -0.393 e. The van der Waals surface area contributed by atoms with Crippen LogP contribution in [0.5, 0.6) is 0 Å². The van der Waals surface area contributed by atoms with Crippen molar-refractivity contribution in [1.82, 2.24) is 0 Å². The summed E-state index contributed by atoms with van der Waals surface area (Å²) in [5, 5.41) is 20.7. The number of alkyl halides is 1. The first-order valence-corrected chi connectivity index (χ1v) is 9.95. The normalized spacial score (nSPS) is 69.1. The van der Waals surface area contributed by atoms with Crippen LogP contribution in [0.15, 0.2) is 0 Å². The van der Waals surface area contributed by atoms with Crippen molar-refractivity contribution in [3.05, 3.63) is 0 Å². The van der Waals surface area contributed by atoms with Gasteiger partial charge in [-0.1, -0.05) is 22.9 Å². The van der Waals surface area contributed by atoms with Gasteiger partial charge in [0.2, 0.25) is 0 Å². The van der Waals surface area contributed by atoms with Gasteiger partial charge in [0.25, 0.3) is 0 Å². The van der Waals surface area contributed by atoms with Crippen LogP contribution in [0.2, 0.25) is 0 Å². The van der Waals surface area contributed by atoms with E-state index in [-0.39, 0.29) is 23.7 Å². The lowest BCUT2D eigenvalue weighted by atomic mass is 9.45. The highest BCUT2D eigenvalue weighted by Crippen LogP contribution is 2.71. The van der Waals surface area contributed by atoms with Crippen molar-refractivity contribution in [2.24, 2.45) is 28.6 Å². The Labute approximate surface area is 155 Å². The number of aliphatic hydroxyl groups is 2. The second-order valence-electron chi connectivity index (χ2n) is 8.95. The number of ether oxygens (including phenoxy) is 1. The van der Waals surface area contributed by atoms with Crippen molar-refractivity contribution in [2.45, 2.75) is 74.4 Å². The van der Waals surface area contributed by atoms with Gasteiger partial charge in [-0.25, -0.2) is 0 Å². The number of Topliss-reactive ketones (excluding diaryl/α,β-unsaturated/α-hetero) is 1. The number of rotatable bonds is 0. The van der Waals surface area contributed by atoms with Gasteiger partial charge in [0.15, 0.2) is 5.78 Å². The average Bonchev–Trinajstić information content (AvgIpc) is 2.92. The van der Waals surface area contributed by atoms with Gasteiger partial charge in [-0.15, -0.1) is 0 Å². The van der Waals surface area contributed by atoms with Gasteiger partial charge in [0.1, 0.15) is 6.08 Å². The number of halogens is 1. The molecule has 4 nitrogen and oxygen atoms in total. The van der Waals surface area contributed by atoms with Crippen LogP contribution in [-0.4, -0.2) is 45.2 Å². The third kappa shape index (κ3) is 1.69. The molecule has 0 aromatic carbocycles. The molecule has 0 aromatic rings. The van der Waals surface area contributed by atoms with Gasteiger partial charge in [0, 0.05) is 13.6 Å². The van der Waals surface area contributed by atoms with Gasteiger partial charge in [-0.05, 0) is 62.7 Å². The second kappa shape index (κ2) is 4.85. The molecule has 4 saturated carbocycles. The van der Waals surface area contributed by atoms with Gasteiger partial charge in [0.05, 0.1) is 24.5 Å². The molecule has 9 atom stereocenters. The van der Waals surface area contributed by atoms with Crippen LogP contribution < -0.4 is 0 Å². The number of hydrogen-bond acceptors (Lipinski definition) is 4. The fourth-order valence-electron chi connectivity index (χ4n) is 6.77. The Morgan fingerprint density at radius 3 is 2.92 bits per heavy atom. The lowest BCUT2D eigenvalue weighted by Gasteiger charge is -2.61. The van der Waals surface area contributed by atoms with Gasteiger partial charge >= 0.3 is 0 Å². The summed E-state index contributed by atoms with van der Waals surface area (Å²) in [6.07, 6.45) is -1.77. The molecular weight excluding hydrogens is 372 g/mol. The van der Waals surface area contributed by atoms with E-state index in [0.29, 0.717) is 32.3 Å². The first-order chi connectivity index (χ1) is 12.4. The number of fused-ring (bicyclic) bond motifs is 3. The quantitative estimate of drug-likeness (QED) is 0.611. The van der Waals surface area contributed by atoms with Crippen molar-refractivity contribution in [1.29, 1.82) is 0 Å². The lowest BCUT2D eigenvalue weighted by Crippen LogP contribution is -2.63. The summed E-state index contributed by atoms with van der Waals surface area (Å²) in [7, 11) is 0. The molecular formula is C19H27BrO4. The minimum atomic E-state index is -2.12. The van der Waals surface area contributed by atoms with E-state index in [0.717, 1.165) is 6.42 Å². The SMILES string of the molecule is [2H]C1([2H])[C@@H]2[C@H](CC[C@]3(C)C(=O)[C@]([2H])(O)C[C@@H]23)[C@@]23CC[C@H](O)C[C@]2(Br)[C@H]1OC3. The number of ketones is 1. The summed E-state index contributed by atoms with van der Waals surface area (Å²) in [6.45, 7) is 2.29. The van der Waals surface area contributed by atoms with Crippen molar-refractivity contribution in [3.63, 3.8) is 0 Å². The van der Waals surface area contributed by atoms with E-state index in [9.17, 15) is 15.0 Å². The van der Waals surface area contributed by atoms with Crippen LogP contribution >= 0.6 is 15.9 Å². The highest BCUT2D eigenvalue weighted by molar-refractivity contribution is 9.10. The summed E-state index contributed by atoms with van der Waals surface area (Å²) in [6, 6.07) is 0. The Morgan fingerprint density at radius 2 is 2.12 bits per heavy atom. The molecule has 4 aliphatic carbocycles. The zero-order chi connectivity index (χ0) is 19.6. The molecule has 5 rings (SSSR count). The summed E-state index contributed by atoms with van der Waals surface area (Å²) < 4.78 is 31.7. The van der Waals surface area contributed by atoms with Crippen molar-refractivity contribution < 1.29 is 23.9 Å². The van der Waals surface area contributed by atoms with Crippen LogP contribution in [0.3, 0.4) is 0 Å². The Bertz CT molecular complexity index is 717. The molecule has 2 bridgehead atoms. The fraction of sp³-hybridized carbons (Fsp3) is 0.947. The van der Waals surface area contributed by atoms with E-state index in [1.165, 1.54) is 0 Å². The third-order valence-electron chi connectivity index (χ3n) is 8.11. The highest BCUT2D eigenvalue weighted by Gasteiger charge is 2.72. The maximum Gasteiger partial charge on any atom is 0.167 e. The van der Waals surface area contributed by atoms with E-state index in [4.69, 9.17) is 8.85 Å². The standard InChI is InChI=1S/C19H27BrO4/c1-17-4-3-12-11(13(17)7-14(22)16(17)23)6-15-19(20)8-10(21)2-5-18(12,19)9-24-15/h10-15,21-22H,2-9H2,1H3/t10-,11+,12-,13-,14+,15-,17-,18-,19-/m0/s1/i6D2,14D. The minimum absolute atomic E-state index is 0.00369. The Morgan fingerprint density at radius 1 is 1.33 bits per heavy atom. The molecule has 1 heterocycles. The average molecular weight is 402 g/mol. The molecule has 0 aromatic heterocycles. The van der Waals surface area contributed by atoms with Crippen molar-refractivity contribution in [2.75, 3.05) is 6.61 Å². The molecule has 0 unspecified atom stereocenters. The summed E-state index contributed by atoms with van der Waals surface area (Å²) in [5.74, 6) is -1.22. The van der Waals surface area contributed by atoms with E-state index in [1.54, 1.807) is 0 Å². The van der Waals surface area contributed by atoms with Crippen LogP contribution in [-0.2, 0) is 9.53 Å². The topological polar surface area (TPSA) is 66.8 Å². The largest absolute Gasteiger partial charge is 0.393 e. The van der Waals surface area contributed by atoms with Crippen LogP contribution in [0.25, 0.3) is 0 Å². The summed E-state index contributed by atoms with van der Waals surface area (Å²) in [5.41, 5.74) is -1.11. The zero-order valence-corrected chi connectivity index (χ0v) is 15.5. The smallest absolute Gasteiger partial charge is 0.167 e. The van der Waals surface area contributed by atoms with E-state index >= 15 is 0 Å². The monoisotopic (exact) mass is 401 g/mol. The first kappa shape index (κ1) is 13.2. The lowest BCUT2D eigenvalue weighted by molar-refractivity contribution is -0.140. The molecule has 0 spiro atoms. The summed E-state index contributed by atoms with van der Waals surface area (Å²) >= 11 is 3.88. The van der Waals surface area contributed by atoms with E-state index in [2.05, 4.69) is 15.9 Å². The first-order valence-electron chi connectivity index (χ1n) is 10.7. The molecule has 5 heteroatoms. The van der Waals surface area contributed by atoms with Crippen molar-refractivity contribution in [3.8, 4) is 0 Å². The number of aliphatic hydroxyl groups excluding tert-OH is 1. The number of hydrogen-bond donors (Lipinski definition) is 2. The molecule has 5 fully saturated rings. The maximum atomic E-state index is 12.8. The Hall–Kier alpha value is 0.0300. The van der Waals surface area contributed by atoms with Crippen LogP contribution in [0.4, 0.5) is 0 Å². The second-order valence-corrected chi connectivity index (χ2v) is 10.4. The van der Waals surface area contributed by atoms with Crippen molar-refractivity contribution >= 4 is 21.7 Å². The molecule has 1 aliphatic heterocycles. The third-order valence-corrected chi connectivity index (χ3v) is 9.64. The van der Waals surface area contributed by atoms with Gasteiger partial charge in [-0.2, -0.15) is 0 Å². The molecule has 2 N–H and O–H groups in total. The predicted molar refractivity (Wildman–Crippen MR) is 91.7 cm³/mol. The predicted octanol–water partition coefficient (Wildman–Crippen LogP) is 2.44. The van der Waals surface area contributed by atoms with E-state index < -0.39 is 46.1 Å². The highest BCUT2D eigenvalue weighted by atomic mass is 79.9. The molecule has 1 saturated heterocycles. The Kier molecular flexibility index (Phi) is 2.67. The van der Waals surface area contributed by atoms with Gasteiger partial charge < -0.3 is 14.9 Å². The molecule has 0 amide bonds. The zero-order valence-electron chi connectivity index (χ0n) is 16.9. The molecule has 24 heavy (non-hydrogen) atoms. The number of carbonyl (C=O) groups excluding carboxylic acids is 1. The number of carbonyl (C=O) groups is 1. The summed E-state index contributed by atoms with van der Waals surface area (Å²) in [4.78, 5) is 12.8. The van der Waals surface area contributed by atoms with Gasteiger partial charge in [-0.3, -0.25) is 4.79 Å². The van der Waals surface area contributed by atoms with Crippen LogP contribution in [0, 0.1) is 28.6 Å². The van der Waals surface area contributed by atoms with Crippen LogP contribution in [0.1, 0.15) is 55.9 Å². The molecule has 5 aliphatic rings. The molecule has 134 valence electrons. The van der Waals surface area contributed by atoms with E-state index in [1.807, 2.05) is 6.92 Å². The fourth-order valence-corrected chi connectivity index (χ4v) is 8.02. The Balaban J connectivity index is 1.65.